The molecule has 2 heterocycles. The Labute approximate surface area is 143 Å². The van der Waals surface area contributed by atoms with E-state index in [1.165, 1.54) is 24.0 Å². The van der Waals surface area contributed by atoms with Crippen molar-refractivity contribution in [1.82, 2.24) is 9.55 Å². The van der Waals surface area contributed by atoms with Gasteiger partial charge in [-0.15, -0.1) is 11.3 Å². The lowest BCUT2D eigenvalue weighted by Crippen LogP contribution is -2.04. The number of hydrogen-bond acceptors (Lipinski definition) is 6. The number of carbonyl (C=O) groups excluding carboxylic acids is 1. The Morgan fingerprint density at radius 2 is 2.25 bits per heavy atom. The minimum atomic E-state index is -0.304. The van der Waals surface area contributed by atoms with E-state index < -0.39 is 0 Å². The number of nitrogens with zero attached hydrogens (tertiary/aromatic N) is 3. The molecule has 0 saturated heterocycles. The molecule has 6 nitrogen and oxygen atoms in total. The highest BCUT2D eigenvalue weighted by Gasteiger charge is 2.10. The van der Waals surface area contributed by atoms with Crippen LogP contribution in [0, 0.1) is 6.92 Å². The number of methoxy groups -OCH3 is 1. The summed E-state index contributed by atoms with van der Waals surface area (Å²) >= 11 is 1.40. The Morgan fingerprint density at radius 1 is 1.46 bits per heavy atom. The van der Waals surface area contributed by atoms with Crippen molar-refractivity contribution in [2.45, 2.75) is 13.3 Å². The number of ether oxygens (including phenoxy) is 1. The van der Waals surface area contributed by atoms with E-state index in [4.69, 9.17) is 0 Å². The van der Waals surface area contributed by atoms with Crippen LogP contribution in [0.25, 0.3) is 10.9 Å². The summed E-state index contributed by atoms with van der Waals surface area (Å²) in [4.78, 5) is 15.6. The molecule has 0 radical (unpaired) electrons. The van der Waals surface area contributed by atoms with Crippen molar-refractivity contribution in [2.24, 2.45) is 12.1 Å². The predicted molar refractivity (Wildman–Crippen MR) is 96.7 cm³/mol. The van der Waals surface area contributed by atoms with E-state index in [2.05, 4.69) is 43.9 Å². The van der Waals surface area contributed by atoms with E-state index in [-0.39, 0.29) is 12.4 Å². The SMILES string of the molecule is COC(=O)Cc1csc(N/N=C\c2c(C)n(C)c3ccccc23)n1. The molecule has 24 heavy (non-hydrogen) atoms. The van der Waals surface area contributed by atoms with Crippen molar-refractivity contribution in [1.29, 1.82) is 0 Å². The molecule has 7 heteroatoms. The third-order valence-corrected chi connectivity index (χ3v) is 4.70. The van der Waals surface area contributed by atoms with Crippen LogP contribution in [0.1, 0.15) is 17.0 Å². The van der Waals surface area contributed by atoms with Gasteiger partial charge in [-0.05, 0) is 13.0 Å². The number of thiazole rings is 1. The maximum Gasteiger partial charge on any atom is 0.311 e. The number of anilines is 1. The van der Waals surface area contributed by atoms with Gasteiger partial charge >= 0.3 is 5.97 Å². The second kappa shape index (κ2) is 6.84. The number of fused-ring (bicyclic) bond motifs is 1. The Balaban J connectivity index is 1.76. The minimum absolute atomic E-state index is 0.167. The van der Waals surface area contributed by atoms with Crippen LogP contribution in [0.3, 0.4) is 0 Å². The maximum absolute atomic E-state index is 11.2. The summed E-state index contributed by atoms with van der Waals surface area (Å²) < 4.78 is 6.78. The third-order valence-electron chi connectivity index (χ3n) is 3.91. The Hall–Kier alpha value is -2.67. The fourth-order valence-corrected chi connectivity index (χ4v) is 3.18. The molecule has 0 aliphatic rings. The number of benzene rings is 1. The molecule has 0 spiro atoms. The van der Waals surface area contributed by atoms with E-state index in [1.807, 2.05) is 24.6 Å². The van der Waals surface area contributed by atoms with E-state index in [1.54, 1.807) is 6.21 Å². The highest BCUT2D eigenvalue weighted by Crippen LogP contribution is 2.23. The molecule has 0 fully saturated rings. The van der Waals surface area contributed by atoms with Gasteiger partial charge in [0.1, 0.15) is 0 Å². The van der Waals surface area contributed by atoms with Gasteiger partial charge in [0.25, 0.3) is 0 Å². The van der Waals surface area contributed by atoms with Gasteiger partial charge in [-0.3, -0.25) is 10.2 Å². The molecule has 124 valence electrons. The van der Waals surface area contributed by atoms with Crippen molar-refractivity contribution in [3.05, 3.63) is 46.6 Å². The number of nitrogens with one attached hydrogen (secondary N) is 1. The zero-order valence-corrected chi connectivity index (χ0v) is 14.6. The van der Waals surface area contributed by atoms with Crippen LogP contribution in [0.5, 0.6) is 0 Å². The van der Waals surface area contributed by atoms with Crippen molar-refractivity contribution in [2.75, 3.05) is 12.5 Å². The summed E-state index contributed by atoms with van der Waals surface area (Å²) in [7, 11) is 3.41. The van der Waals surface area contributed by atoms with Crippen LogP contribution in [0.15, 0.2) is 34.7 Å². The number of aromatic nitrogens is 2. The van der Waals surface area contributed by atoms with Gasteiger partial charge in [0.2, 0.25) is 5.13 Å². The van der Waals surface area contributed by atoms with Crippen LogP contribution in [0.2, 0.25) is 0 Å². The summed E-state index contributed by atoms with van der Waals surface area (Å²) in [5.74, 6) is -0.304. The van der Waals surface area contributed by atoms with Crippen LogP contribution in [-0.2, 0) is 23.0 Å². The highest BCUT2D eigenvalue weighted by atomic mass is 32.1. The number of esters is 1. The number of carbonyl (C=O) groups is 1. The number of rotatable bonds is 5. The average molecular weight is 342 g/mol. The summed E-state index contributed by atoms with van der Waals surface area (Å²) in [6, 6.07) is 8.22. The summed E-state index contributed by atoms with van der Waals surface area (Å²) in [6.07, 6.45) is 1.97. The molecule has 1 N–H and O–H groups in total. The van der Waals surface area contributed by atoms with Crippen molar-refractivity contribution >= 4 is 39.6 Å². The molecule has 0 amide bonds. The lowest BCUT2D eigenvalue weighted by Gasteiger charge is -1.97. The van der Waals surface area contributed by atoms with Crippen LogP contribution < -0.4 is 5.43 Å². The topological polar surface area (TPSA) is 68.5 Å². The standard InChI is InChI=1S/C17H18N4O2S/c1-11-14(13-6-4-5-7-15(13)21(11)2)9-18-20-17-19-12(10-24-17)8-16(22)23-3/h4-7,9-10H,8H2,1-3H3,(H,19,20)/b18-9-. The second-order valence-corrected chi connectivity index (χ2v) is 6.20. The van der Waals surface area contributed by atoms with Crippen molar-refractivity contribution < 1.29 is 9.53 Å². The number of aryl methyl sites for hydroxylation is 1. The minimum Gasteiger partial charge on any atom is -0.469 e. The highest BCUT2D eigenvalue weighted by molar-refractivity contribution is 7.13. The van der Waals surface area contributed by atoms with Crippen LogP contribution in [0.4, 0.5) is 5.13 Å². The zero-order valence-electron chi connectivity index (χ0n) is 13.7. The van der Waals surface area contributed by atoms with Crippen LogP contribution >= 0.6 is 11.3 Å². The summed E-state index contributed by atoms with van der Waals surface area (Å²) in [6.45, 7) is 2.07. The molecule has 0 aliphatic heterocycles. The zero-order chi connectivity index (χ0) is 17.1. The maximum atomic E-state index is 11.2. The summed E-state index contributed by atoms with van der Waals surface area (Å²) in [5.41, 5.74) is 6.99. The van der Waals surface area contributed by atoms with Gasteiger partial charge in [0.05, 0.1) is 25.4 Å². The van der Waals surface area contributed by atoms with Crippen LogP contribution in [-0.4, -0.2) is 28.8 Å². The third kappa shape index (κ3) is 3.16. The molecule has 0 unspecified atom stereocenters. The van der Waals surface area contributed by atoms with Gasteiger partial charge in [0.15, 0.2) is 0 Å². The van der Waals surface area contributed by atoms with Gasteiger partial charge < -0.3 is 9.30 Å². The van der Waals surface area contributed by atoms with Crippen molar-refractivity contribution in [3.8, 4) is 0 Å². The molecule has 0 bridgehead atoms. The first-order valence-electron chi connectivity index (χ1n) is 7.44. The Bertz CT molecular complexity index is 911. The van der Waals surface area contributed by atoms with Gasteiger partial charge in [-0.2, -0.15) is 5.10 Å². The first kappa shape index (κ1) is 16.2. The normalized spacial score (nSPS) is 11.3. The molecule has 0 saturated carbocycles. The Morgan fingerprint density at radius 3 is 3.04 bits per heavy atom. The molecule has 2 aromatic heterocycles. The molecule has 3 aromatic rings. The number of hydrazone groups is 1. The van der Waals surface area contributed by atoms with Gasteiger partial charge in [-0.25, -0.2) is 4.98 Å². The monoisotopic (exact) mass is 342 g/mol. The lowest BCUT2D eigenvalue weighted by molar-refractivity contribution is -0.139. The second-order valence-electron chi connectivity index (χ2n) is 5.34. The number of para-hydroxylation sites is 1. The fraction of sp³-hybridized carbons (Fsp3) is 0.235. The van der Waals surface area contributed by atoms with Gasteiger partial charge in [-0.1, -0.05) is 18.2 Å². The first-order valence-corrected chi connectivity index (χ1v) is 8.32. The number of hydrogen-bond donors (Lipinski definition) is 1. The molecule has 3 rings (SSSR count). The van der Waals surface area contributed by atoms with E-state index in [0.717, 1.165) is 16.6 Å². The molecule has 1 aromatic carbocycles. The lowest BCUT2D eigenvalue weighted by atomic mass is 10.1. The summed E-state index contributed by atoms with van der Waals surface area (Å²) in [5, 5.41) is 7.91. The van der Waals surface area contributed by atoms with E-state index >= 15 is 0 Å². The molecule has 0 atom stereocenters. The predicted octanol–water partition coefficient (Wildman–Crippen LogP) is 3.10. The average Bonchev–Trinajstić information content (AvgIpc) is 3.13. The quantitative estimate of drug-likeness (QED) is 0.439. The largest absolute Gasteiger partial charge is 0.469 e. The molecular formula is C17H18N4O2S. The molecular weight excluding hydrogens is 324 g/mol. The van der Waals surface area contributed by atoms with E-state index in [9.17, 15) is 4.79 Å². The smallest absolute Gasteiger partial charge is 0.311 e. The molecule has 0 aliphatic carbocycles. The first-order chi connectivity index (χ1) is 11.6. The van der Waals surface area contributed by atoms with Gasteiger partial charge in [0, 0.05) is 34.6 Å². The van der Waals surface area contributed by atoms with E-state index in [0.29, 0.717) is 10.8 Å². The van der Waals surface area contributed by atoms with Crippen molar-refractivity contribution in [3.63, 3.8) is 0 Å². The Kier molecular flexibility index (Phi) is 4.61. The fourth-order valence-electron chi connectivity index (χ4n) is 2.52.